The van der Waals surface area contributed by atoms with Gasteiger partial charge in [0.15, 0.2) is 5.15 Å². The van der Waals surface area contributed by atoms with E-state index in [4.69, 9.17) is 27.9 Å². The molecule has 3 aromatic rings. The van der Waals surface area contributed by atoms with Crippen molar-refractivity contribution >= 4 is 47.0 Å². The summed E-state index contributed by atoms with van der Waals surface area (Å²) in [5.41, 5.74) is 1.41. The van der Waals surface area contributed by atoms with E-state index in [1.807, 2.05) is 0 Å². The third-order valence-corrected chi connectivity index (χ3v) is 6.63. The quantitative estimate of drug-likeness (QED) is 0.352. The molecule has 0 spiro atoms. The highest BCUT2D eigenvalue weighted by Gasteiger charge is 2.26. The maximum absolute atomic E-state index is 13.1. The Bertz CT molecular complexity index is 1310. The Labute approximate surface area is 241 Å². The van der Waals surface area contributed by atoms with Crippen molar-refractivity contribution in [1.82, 2.24) is 30.7 Å². The van der Waals surface area contributed by atoms with Gasteiger partial charge >= 0.3 is 0 Å². The van der Waals surface area contributed by atoms with Gasteiger partial charge in [0.2, 0.25) is 23.6 Å². The number of hydrogen-bond donors (Lipinski definition) is 2. The molecule has 1 aromatic carbocycles. The van der Waals surface area contributed by atoms with E-state index in [9.17, 15) is 14.4 Å². The van der Waals surface area contributed by atoms with E-state index >= 15 is 0 Å². The van der Waals surface area contributed by atoms with Crippen molar-refractivity contribution in [1.29, 1.82) is 0 Å². The number of likely N-dealkylation sites (tertiary alicyclic amines) is 1. The Morgan fingerprint density at radius 2 is 1.80 bits per heavy atom. The largest absolute Gasteiger partial charge is 0.473 e. The SMILES string of the molecule is O=C(/C=C/c1ccc(Cl)cc1)N[C@@H](Cc1ccccn1)C(=O)NCC(=O)N1CCC(Oc2ccc(Cl)nn2)CC1. The summed E-state index contributed by atoms with van der Waals surface area (Å²) >= 11 is 11.7. The average Bonchev–Trinajstić information content (AvgIpc) is 2.97. The van der Waals surface area contributed by atoms with Gasteiger partial charge in [0.1, 0.15) is 12.1 Å². The summed E-state index contributed by atoms with van der Waals surface area (Å²) in [6.45, 7) is 0.760. The minimum Gasteiger partial charge on any atom is -0.473 e. The Hall–Kier alpha value is -4.02. The van der Waals surface area contributed by atoms with E-state index in [-0.39, 0.29) is 30.1 Å². The zero-order chi connectivity index (χ0) is 28.3. The number of ether oxygens (including phenoxy) is 1. The van der Waals surface area contributed by atoms with Crippen LogP contribution >= 0.6 is 23.2 Å². The molecule has 0 unspecified atom stereocenters. The second-order valence-corrected chi connectivity index (χ2v) is 9.91. The van der Waals surface area contributed by atoms with Crippen molar-refractivity contribution in [3.63, 3.8) is 0 Å². The highest BCUT2D eigenvalue weighted by molar-refractivity contribution is 6.30. The average molecular weight is 583 g/mol. The molecule has 10 nitrogen and oxygen atoms in total. The van der Waals surface area contributed by atoms with Gasteiger partial charge in [-0.25, -0.2) is 0 Å². The number of amides is 3. The molecule has 0 aliphatic carbocycles. The van der Waals surface area contributed by atoms with Gasteiger partial charge in [0.05, 0.1) is 6.54 Å². The van der Waals surface area contributed by atoms with Crippen LogP contribution in [0.15, 0.2) is 66.9 Å². The molecule has 0 radical (unpaired) electrons. The number of carbonyl (C=O) groups is 3. The minimum absolute atomic E-state index is 0.104. The summed E-state index contributed by atoms with van der Waals surface area (Å²) < 4.78 is 5.82. The molecule has 4 rings (SSSR count). The molecule has 1 aliphatic heterocycles. The fourth-order valence-corrected chi connectivity index (χ4v) is 4.29. The number of piperidine rings is 1. The molecule has 0 saturated carbocycles. The van der Waals surface area contributed by atoms with Crippen molar-refractivity contribution in [2.24, 2.45) is 0 Å². The second kappa shape index (κ2) is 14.4. The van der Waals surface area contributed by atoms with E-state index in [1.54, 1.807) is 71.8 Å². The normalized spacial score (nSPS) is 14.5. The lowest BCUT2D eigenvalue weighted by Crippen LogP contribution is -2.51. The topological polar surface area (TPSA) is 126 Å². The summed E-state index contributed by atoms with van der Waals surface area (Å²) in [5.74, 6) is -0.773. The van der Waals surface area contributed by atoms with E-state index < -0.39 is 17.9 Å². The fourth-order valence-electron chi connectivity index (χ4n) is 4.06. The number of nitrogens with one attached hydrogen (secondary N) is 2. The molecule has 1 aliphatic rings. The third-order valence-electron chi connectivity index (χ3n) is 6.17. The number of hydrogen-bond acceptors (Lipinski definition) is 7. The van der Waals surface area contributed by atoms with Crippen LogP contribution in [0.5, 0.6) is 5.88 Å². The zero-order valence-electron chi connectivity index (χ0n) is 21.5. The summed E-state index contributed by atoms with van der Waals surface area (Å²) in [5, 5.41) is 13.9. The van der Waals surface area contributed by atoms with Crippen LogP contribution in [0, 0.1) is 0 Å². The molecule has 1 atom stereocenters. The van der Waals surface area contributed by atoms with E-state index in [0.717, 1.165) is 5.56 Å². The van der Waals surface area contributed by atoms with Crippen LogP contribution in [-0.4, -0.2) is 69.6 Å². The van der Waals surface area contributed by atoms with Crippen LogP contribution in [-0.2, 0) is 20.8 Å². The lowest BCUT2D eigenvalue weighted by atomic mass is 10.1. The summed E-state index contributed by atoms with van der Waals surface area (Å²) in [6, 6.07) is 14.6. The van der Waals surface area contributed by atoms with Gasteiger partial charge in [-0.3, -0.25) is 19.4 Å². The first-order valence-corrected chi connectivity index (χ1v) is 13.5. The molecule has 12 heteroatoms. The first-order chi connectivity index (χ1) is 19.4. The lowest BCUT2D eigenvalue weighted by molar-refractivity contribution is -0.135. The molecule has 3 heterocycles. The van der Waals surface area contributed by atoms with Crippen molar-refractivity contribution in [2.45, 2.75) is 31.4 Å². The molecule has 1 fully saturated rings. The molecule has 2 N–H and O–H groups in total. The standard InChI is InChI=1S/C28H28Cl2N6O4/c29-20-7-4-19(5-8-20)6-10-25(37)33-23(17-21-3-1-2-14-31-21)28(39)32-18-27(38)36-15-12-22(13-16-36)40-26-11-9-24(30)34-35-26/h1-11,14,22-23H,12-13,15-18H2,(H,32,39)(H,33,37)/b10-6+/t23-/m0/s1. The highest BCUT2D eigenvalue weighted by Crippen LogP contribution is 2.18. The molecule has 3 amide bonds. The number of benzene rings is 1. The van der Waals surface area contributed by atoms with Crippen LogP contribution in [0.3, 0.4) is 0 Å². The maximum Gasteiger partial charge on any atom is 0.244 e. The number of aromatic nitrogens is 3. The number of nitrogens with zero attached hydrogens (tertiary/aromatic N) is 4. The Morgan fingerprint density at radius 1 is 1.02 bits per heavy atom. The number of rotatable bonds is 10. The maximum atomic E-state index is 13.1. The number of pyridine rings is 1. The van der Waals surface area contributed by atoms with Crippen molar-refractivity contribution in [3.8, 4) is 5.88 Å². The van der Waals surface area contributed by atoms with Crippen LogP contribution in [0.2, 0.25) is 10.2 Å². The predicted molar refractivity (Wildman–Crippen MR) is 151 cm³/mol. The smallest absolute Gasteiger partial charge is 0.244 e. The lowest BCUT2D eigenvalue weighted by Gasteiger charge is -2.32. The minimum atomic E-state index is -0.926. The van der Waals surface area contributed by atoms with Crippen LogP contribution in [0.1, 0.15) is 24.1 Å². The van der Waals surface area contributed by atoms with Crippen molar-refractivity contribution in [3.05, 3.63) is 88.3 Å². The zero-order valence-corrected chi connectivity index (χ0v) is 23.0. The summed E-state index contributed by atoms with van der Waals surface area (Å²) in [7, 11) is 0. The van der Waals surface area contributed by atoms with Gasteiger partial charge in [-0.05, 0) is 42.0 Å². The van der Waals surface area contributed by atoms with Crippen molar-refractivity contribution < 1.29 is 19.1 Å². The van der Waals surface area contributed by atoms with Gasteiger partial charge in [0, 0.05) is 61.4 Å². The van der Waals surface area contributed by atoms with Gasteiger partial charge in [-0.15, -0.1) is 10.2 Å². The fraction of sp³-hybridized carbons (Fsp3) is 0.286. The molecule has 1 saturated heterocycles. The number of carbonyl (C=O) groups excluding carboxylic acids is 3. The van der Waals surface area contributed by atoms with Gasteiger partial charge in [-0.1, -0.05) is 41.4 Å². The first kappa shape index (κ1) is 29.0. The van der Waals surface area contributed by atoms with Gasteiger partial charge in [-0.2, -0.15) is 0 Å². The Kier molecular flexibility index (Phi) is 10.4. The molecular formula is C28H28Cl2N6O4. The summed E-state index contributed by atoms with van der Waals surface area (Å²) in [6.07, 6.45) is 5.87. The molecule has 0 bridgehead atoms. The first-order valence-electron chi connectivity index (χ1n) is 12.7. The van der Waals surface area contributed by atoms with Crippen LogP contribution in [0.25, 0.3) is 6.08 Å². The van der Waals surface area contributed by atoms with Crippen LogP contribution in [0.4, 0.5) is 0 Å². The van der Waals surface area contributed by atoms with E-state index in [2.05, 4.69) is 25.8 Å². The van der Waals surface area contributed by atoms with Gasteiger partial charge < -0.3 is 20.3 Å². The van der Waals surface area contributed by atoms with Crippen molar-refractivity contribution in [2.75, 3.05) is 19.6 Å². The molecule has 208 valence electrons. The highest BCUT2D eigenvalue weighted by atomic mass is 35.5. The second-order valence-electron chi connectivity index (χ2n) is 9.08. The number of halogens is 2. The predicted octanol–water partition coefficient (Wildman–Crippen LogP) is 3.11. The molecular weight excluding hydrogens is 555 g/mol. The van der Waals surface area contributed by atoms with Crippen LogP contribution < -0.4 is 15.4 Å². The monoisotopic (exact) mass is 582 g/mol. The van der Waals surface area contributed by atoms with E-state index in [0.29, 0.717) is 42.5 Å². The van der Waals surface area contributed by atoms with Gasteiger partial charge in [0.25, 0.3) is 0 Å². The van der Waals surface area contributed by atoms with E-state index in [1.165, 1.54) is 6.08 Å². The summed E-state index contributed by atoms with van der Waals surface area (Å²) in [4.78, 5) is 44.4. The molecule has 40 heavy (non-hydrogen) atoms. The molecule has 2 aromatic heterocycles. The third kappa shape index (κ3) is 9.03. The Morgan fingerprint density at radius 3 is 2.48 bits per heavy atom. The Balaban J connectivity index is 1.28.